The van der Waals surface area contributed by atoms with E-state index in [-0.39, 0.29) is 17.7 Å². The fourth-order valence-electron chi connectivity index (χ4n) is 2.48. The van der Waals surface area contributed by atoms with Crippen LogP contribution in [-0.2, 0) is 4.79 Å². The number of carbonyl (C=O) groups excluding carboxylic acids is 1. The third-order valence-corrected chi connectivity index (χ3v) is 3.57. The highest BCUT2D eigenvalue weighted by molar-refractivity contribution is 5.90. The third-order valence-electron chi connectivity index (χ3n) is 3.57. The molecule has 0 heterocycles. The highest BCUT2D eigenvalue weighted by Gasteiger charge is 2.24. The number of anilines is 1. The molecule has 0 radical (unpaired) electrons. The Morgan fingerprint density at radius 2 is 1.94 bits per heavy atom. The molecule has 1 aromatic rings. The molecule has 0 spiro atoms. The first-order chi connectivity index (χ1) is 8.65. The fraction of sp³-hybridized carbons (Fsp3) is 0.500. The van der Waals surface area contributed by atoms with E-state index in [1.807, 2.05) is 0 Å². The molecule has 18 heavy (non-hydrogen) atoms. The monoisotopic (exact) mass is 248 g/mol. The fourth-order valence-corrected chi connectivity index (χ4v) is 2.48. The van der Waals surface area contributed by atoms with Gasteiger partial charge in [0.2, 0.25) is 5.91 Å². The minimum absolute atomic E-state index is 0.00281. The lowest BCUT2D eigenvalue weighted by Gasteiger charge is -2.27. The lowest BCUT2D eigenvalue weighted by Crippen LogP contribution is -2.35. The van der Waals surface area contributed by atoms with Crippen molar-refractivity contribution >= 4 is 11.6 Å². The average Bonchev–Trinajstić information content (AvgIpc) is 2.35. The molecule has 4 N–H and O–H groups in total. The summed E-state index contributed by atoms with van der Waals surface area (Å²) in [5, 5.41) is 12.0. The number of nitrogens with two attached hydrogens (primary N) is 1. The van der Waals surface area contributed by atoms with Gasteiger partial charge in [-0.3, -0.25) is 4.79 Å². The zero-order valence-electron chi connectivity index (χ0n) is 10.4. The van der Waals surface area contributed by atoms with E-state index in [4.69, 9.17) is 10.8 Å². The maximum atomic E-state index is 11.9. The van der Waals surface area contributed by atoms with Gasteiger partial charge in [0.15, 0.2) is 0 Å². The Morgan fingerprint density at radius 1 is 1.28 bits per heavy atom. The molecular weight excluding hydrogens is 228 g/mol. The Kier molecular flexibility index (Phi) is 4.20. The minimum Gasteiger partial charge on any atom is -0.508 e. The molecule has 1 saturated carbocycles. The van der Waals surface area contributed by atoms with Gasteiger partial charge in [-0.05, 0) is 43.0 Å². The van der Waals surface area contributed by atoms with Gasteiger partial charge in [-0.15, -0.1) is 0 Å². The first kappa shape index (κ1) is 12.9. The van der Waals surface area contributed by atoms with Gasteiger partial charge in [-0.25, -0.2) is 0 Å². The van der Waals surface area contributed by atoms with Crippen LogP contribution in [0.15, 0.2) is 24.3 Å². The number of amides is 1. The van der Waals surface area contributed by atoms with Gasteiger partial charge in [0.25, 0.3) is 0 Å². The Hall–Kier alpha value is -1.55. The van der Waals surface area contributed by atoms with Crippen molar-refractivity contribution in [3.8, 4) is 5.75 Å². The molecule has 0 aromatic heterocycles. The van der Waals surface area contributed by atoms with Crippen molar-refractivity contribution in [2.24, 2.45) is 11.7 Å². The lowest BCUT2D eigenvalue weighted by atomic mass is 9.83. The zero-order chi connectivity index (χ0) is 13.0. The van der Waals surface area contributed by atoms with Gasteiger partial charge in [0, 0.05) is 18.2 Å². The van der Waals surface area contributed by atoms with Crippen LogP contribution in [0.2, 0.25) is 0 Å². The molecule has 0 bridgehead atoms. The summed E-state index contributed by atoms with van der Waals surface area (Å²) >= 11 is 0. The van der Waals surface area contributed by atoms with Crippen molar-refractivity contribution in [2.45, 2.75) is 38.1 Å². The van der Waals surface area contributed by atoms with E-state index in [1.54, 1.807) is 24.3 Å². The van der Waals surface area contributed by atoms with Crippen molar-refractivity contribution in [3.05, 3.63) is 24.3 Å². The quantitative estimate of drug-likeness (QED) is 0.718. The van der Waals surface area contributed by atoms with Crippen molar-refractivity contribution in [3.63, 3.8) is 0 Å². The summed E-state index contributed by atoms with van der Waals surface area (Å²) in [6, 6.07) is 6.65. The van der Waals surface area contributed by atoms with E-state index in [0.29, 0.717) is 18.0 Å². The maximum absolute atomic E-state index is 11.9. The van der Waals surface area contributed by atoms with E-state index in [9.17, 15) is 4.79 Å². The highest BCUT2D eigenvalue weighted by atomic mass is 16.3. The van der Waals surface area contributed by atoms with Crippen molar-refractivity contribution in [1.82, 2.24) is 0 Å². The number of rotatable bonds is 3. The average molecular weight is 248 g/mol. The number of nitrogens with one attached hydrogen (secondary N) is 1. The number of hydrogen-bond donors (Lipinski definition) is 3. The Morgan fingerprint density at radius 3 is 2.61 bits per heavy atom. The number of hydrogen-bond acceptors (Lipinski definition) is 3. The first-order valence-electron chi connectivity index (χ1n) is 6.49. The zero-order valence-corrected chi connectivity index (χ0v) is 10.4. The summed E-state index contributed by atoms with van der Waals surface area (Å²) < 4.78 is 0. The number of benzene rings is 1. The molecule has 98 valence electrons. The van der Waals surface area contributed by atoms with Gasteiger partial charge in [0.05, 0.1) is 0 Å². The molecule has 1 aromatic carbocycles. The van der Waals surface area contributed by atoms with Gasteiger partial charge < -0.3 is 16.2 Å². The summed E-state index contributed by atoms with van der Waals surface area (Å²) in [7, 11) is 0. The Bertz CT molecular complexity index is 403. The van der Waals surface area contributed by atoms with Crippen molar-refractivity contribution in [1.29, 1.82) is 0 Å². The molecule has 2 rings (SSSR count). The molecule has 2 unspecified atom stereocenters. The van der Waals surface area contributed by atoms with Crippen LogP contribution in [0.5, 0.6) is 5.75 Å². The molecule has 0 saturated heterocycles. The molecule has 1 fully saturated rings. The molecule has 4 heteroatoms. The van der Waals surface area contributed by atoms with Crippen LogP contribution in [-0.4, -0.2) is 17.1 Å². The summed E-state index contributed by atoms with van der Waals surface area (Å²) in [6.45, 7) is 0. The summed E-state index contributed by atoms with van der Waals surface area (Å²) in [5.74, 6) is 0.501. The molecule has 4 nitrogen and oxygen atoms in total. The maximum Gasteiger partial charge on any atom is 0.224 e. The SMILES string of the molecule is NC1CCCCC1CC(=O)Nc1ccc(O)cc1. The first-order valence-corrected chi connectivity index (χ1v) is 6.49. The predicted molar refractivity (Wildman–Crippen MR) is 71.3 cm³/mol. The van der Waals surface area contributed by atoms with E-state index < -0.39 is 0 Å². The van der Waals surface area contributed by atoms with Crippen LogP contribution >= 0.6 is 0 Å². The van der Waals surface area contributed by atoms with Crippen LogP contribution in [0.4, 0.5) is 5.69 Å². The van der Waals surface area contributed by atoms with Gasteiger partial charge in [-0.1, -0.05) is 12.8 Å². The van der Waals surface area contributed by atoms with Crippen LogP contribution < -0.4 is 11.1 Å². The van der Waals surface area contributed by atoms with E-state index in [1.165, 1.54) is 12.8 Å². The predicted octanol–water partition coefficient (Wildman–Crippen LogP) is 2.24. The smallest absolute Gasteiger partial charge is 0.224 e. The second-order valence-corrected chi connectivity index (χ2v) is 5.01. The Balaban J connectivity index is 1.86. The van der Waals surface area contributed by atoms with Crippen LogP contribution in [0.3, 0.4) is 0 Å². The number of phenolic OH excluding ortho intramolecular Hbond substituents is 1. The van der Waals surface area contributed by atoms with Gasteiger partial charge >= 0.3 is 0 Å². The van der Waals surface area contributed by atoms with Crippen LogP contribution in [0.25, 0.3) is 0 Å². The van der Waals surface area contributed by atoms with E-state index in [0.717, 1.165) is 12.8 Å². The van der Waals surface area contributed by atoms with Crippen LogP contribution in [0.1, 0.15) is 32.1 Å². The third kappa shape index (κ3) is 3.47. The second kappa shape index (κ2) is 5.87. The molecule has 1 aliphatic carbocycles. The number of phenols is 1. The summed E-state index contributed by atoms with van der Waals surface area (Å²) in [6.07, 6.45) is 4.91. The number of aromatic hydroxyl groups is 1. The second-order valence-electron chi connectivity index (χ2n) is 5.01. The molecule has 0 aliphatic heterocycles. The highest BCUT2D eigenvalue weighted by Crippen LogP contribution is 2.26. The standard InChI is InChI=1S/C14H20N2O2/c15-13-4-2-1-3-10(13)9-14(18)16-11-5-7-12(17)8-6-11/h5-8,10,13,17H,1-4,9,15H2,(H,16,18). The molecule has 1 aliphatic rings. The lowest BCUT2D eigenvalue weighted by molar-refractivity contribution is -0.117. The number of carbonyl (C=O) groups is 1. The molecule has 2 atom stereocenters. The largest absolute Gasteiger partial charge is 0.508 e. The Labute approximate surface area is 107 Å². The summed E-state index contributed by atoms with van der Waals surface area (Å²) in [4.78, 5) is 11.9. The van der Waals surface area contributed by atoms with Gasteiger partial charge in [-0.2, -0.15) is 0 Å². The van der Waals surface area contributed by atoms with Crippen molar-refractivity contribution < 1.29 is 9.90 Å². The van der Waals surface area contributed by atoms with Crippen LogP contribution in [0, 0.1) is 5.92 Å². The van der Waals surface area contributed by atoms with Crippen molar-refractivity contribution in [2.75, 3.05) is 5.32 Å². The molecule has 1 amide bonds. The molecular formula is C14H20N2O2. The topological polar surface area (TPSA) is 75.4 Å². The van der Waals surface area contributed by atoms with Gasteiger partial charge in [0.1, 0.15) is 5.75 Å². The van der Waals surface area contributed by atoms with E-state index in [2.05, 4.69) is 5.32 Å². The normalized spacial score (nSPS) is 23.6. The summed E-state index contributed by atoms with van der Waals surface area (Å²) in [5.41, 5.74) is 6.74. The minimum atomic E-state index is 0.00281. The van der Waals surface area contributed by atoms with E-state index >= 15 is 0 Å².